The third-order valence-corrected chi connectivity index (χ3v) is 4.15. The minimum atomic E-state index is -0.297. The maximum atomic E-state index is 13.6. The molecule has 3 rings (SSSR count). The van der Waals surface area contributed by atoms with E-state index in [1.807, 2.05) is 6.07 Å². The van der Waals surface area contributed by atoms with Crippen molar-refractivity contribution in [3.63, 3.8) is 0 Å². The molecule has 0 radical (unpaired) electrons. The summed E-state index contributed by atoms with van der Waals surface area (Å²) in [5.41, 5.74) is 0.391. The number of fused-ring (bicyclic) bond motifs is 1. The molecule has 2 aromatic rings. The summed E-state index contributed by atoms with van der Waals surface area (Å²) in [6.45, 7) is 0.852. The van der Waals surface area contributed by atoms with Crippen LogP contribution in [0.5, 0.6) is 0 Å². The minimum absolute atomic E-state index is 0.297. The third-order valence-electron chi connectivity index (χ3n) is 3.01. The molecule has 0 saturated carbocycles. The molecule has 0 spiro atoms. The average Bonchev–Trinajstić information content (AvgIpc) is 2.90. The van der Waals surface area contributed by atoms with Crippen molar-refractivity contribution in [2.45, 2.75) is 24.0 Å². The monoisotopic (exact) mass is 264 g/mol. The molecule has 2 heterocycles. The second-order valence-electron chi connectivity index (χ2n) is 4.26. The molecule has 1 saturated heterocycles. The summed E-state index contributed by atoms with van der Waals surface area (Å²) in [5, 5.41) is 1.61. The Labute approximate surface area is 109 Å². The van der Waals surface area contributed by atoms with E-state index in [1.54, 1.807) is 17.8 Å². The molecule has 1 unspecified atom stereocenters. The van der Waals surface area contributed by atoms with Gasteiger partial charge in [0.15, 0.2) is 0 Å². The molecule has 1 aromatic heterocycles. The number of aromatic nitrogens is 2. The topological polar surface area (TPSA) is 35.0 Å². The van der Waals surface area contributed by atoms with Crippen LogP contribution in [-0.2, 0) is 4.74 Å². The zero-order valence-electron chi connectivity index (χ0n) is 9.80. The van der Waals surface area contributed by atoms with Crippen molar-refractivity contribution in [3.8, 4) is 0 Å². The first-order valence-electron chi connectivity index (χ1n) is 5.98. The van der Waals surface area contributed by atoms with Crippen LogP contribution in [-0.4, -0.2) is 28.4 Å². The van der Waals surface area contributed by atoms with Gasteiger partial charge < -0.3 is 4.74 Å². The number of para-hydroxylation sites is 1. The van der Waals surface area contributed by atoms with Gasteiger partial charge in [0.25, 0.3) is 0 Å². The van der Waals surface area contributed by atoms with Crippen LogP contribution in [0.1, 0.15) is 12.8 Å². The maximum Gasteiger partial charge on any atom is 0.149 e. The van der Waals surface area contributed by atoms with E-state index in [0.29, 0.717) is 11.6 Å². The highest BCUT2D eigenvalue weighted by atomic mass is 32.2. The van der Waals surface area contributed by atoms with E-state index in [-0.39, 0.29) is 5.82 Å². The lowest BCUT2D eigenvalue weighted by Crippen LogP contribution is -2.08. The maximum absolute atomic E-state index is 13.6. The van der Waals surface area contributed by atoms with Crippen LogP contribution in [0.25, 0.3) is 10.9 Å². The molecule has 1 aliphatic rings. The van der Waals surface area contributed by atoms with Crippen LogP contribution in [0.2, 0.25) is 0 Å². The second-order valence-corrected chi connectivity index (χ2v) is 5.27. The number of hydrogen-bond donors (Lipinski definition) is 0. The van der Waals surface area contributed by atoms with E-state index in [2.05, 4.69) is 9.97 Å². The molecule has 3 nitrogen and oxygen atoms in total. The van der Waals surface area contributed by atoms with E-state index in [9.17, 15) is 4.39 Å². The Morgan fingerprint density at radius 2 is 2.33 bits per heavy atom. The fourth-order valence-electron chi connectivity index (χ4n) is 2.09. The van der Waals surface area contributed by atoms with Crippen LogP contribution in [0.3, 0.4) is 0 Å². The Hall–Kier alpha value is -1.20. The first-order chi connectivity index (χ1) is 8.84. The first kappa shape index (κ1) is 11.9. The highest BCUT2D eigenvalue weighted by molar-refractivity contribution is 7.99. The summed E-state index contributed by atoms with van der Waals surface area (Å²) in [4.78, 5) is 8.23. The second kappa shape index (κ2) is 5.20. The number of hydrogen-bond acceptors (Lipinski definition) is 4. The van der Waals surface area contributed by atoms with Gasteiger partial charge >= 0.3 is 0 Å². The Bertz CT molecular complexity index is 558. The van der Waals surface area contributed by atoms with Crippen molar-refractivity contribution in [1.82, 2.24) is 9.97 Å². The lowest BCUT2D eigenvalue weighted by atomic mass is 10.2. The van der Waals surface area contributed by atoms with Gasteiger partial charge in [-0.1, -0.05) is 6.07 Å². The molecule has 1 aromatic carbocycles. The van der Waals surface area contributed by atoms with Gasteiger partial charge in [0.05, 0.1) is 6.10 Å². The number of halogens is 1. The summed E-state index contributed by atoms with van der Waals surface area (Å²) >= 11 is 1.61. The van der Waals surface area contributed by atoms with E-state index in [1.165, 1.54) is 12.4 Å². The number of nitrogens with zero attached hydrogens (tertiary/aromatic N) is 2. The number of ether oxygens (including phenoxy) is 1. The predicted molar refractivity (Wildman–Crippen MR) is 69.2 cm³/mol. The zero-order valence-corrected chi connectivity index (χ0v) is 10.6. The van der Waals surface area contributed by atoms with Crippen LogP contribution in [0.15, 0.2) is 29.6 Å². The number of thioether (sulfide) groups is 1. The van der Waals surface area contributed by atoms with Gasteiger partial charge in [-0.2, -0.15) is 0 Å². The van der Waals surface area contributed by atoms with Crippen LogP contribution >= 0.6 is 11.8 Å². The minimum Gasteiger partial charge on any atom is -0.377 e. The smallest absolute Gasteiger partial charge is 0.149 e. The Morgan fingerprint density at radius 3 is 3.17 bits per heavy atom. The summed E-state index contributed by atoms with van der Waals surface area (Å²) < 4.78 is 19.2. The Morgan fingerprint density at radius 1 is 1.39 bits per heavy atom. The molecular weight excluding hydrogens is 251 g/mol. The largest absolute Gasteiger partial charge is 0.377 e. The quantitative estimate of drug-likeness (QED) is 0.630. The van der Waals surface area contributed by atoms with E-state index < -0.39 is 0 Å². The third kappa shape index (κ3) is 2.33. The predicted octanol–water partition coefficient (Wildman–Crippen LogP) is 3.04. The first-order valence-corrected chi connectivity index (χ1v) is 6.97. The SMILES string of the molecule is Fc1cccc2c(SCC3CCCO3)ncnc12. The molecule has 5 heteroatoms. The van der Waals surface area contributed by atoms with Gasteiger partial charge in [0.1, 0.15) is 22.7 Å². The Balaban J connectivity index is 1.85. The van der Waals surface area contributed by atoms with Gasteiger partial charge in [0, 0.05) is 17.7 Å². The van der Waals surface area contributed by atoms with Gasteiger partial charge in [-0.15, -0.1) is 11.8 Å². The normalized spacial score (nSPS) is 19.5. The number of rotatable bonds is 3. The van der Waals surface area contributed by atoms with Crippen LogP contribution in [0, 0.1) is 5.82 Å². The zero-order chi connectivity index (χ0) is 12.4. The van der Waals surface area contributed by atoms with Crippen molar-refractivity contribution < 1.29 is 9.13 Å². The lowest BCUT2D eigenvalue weighted by molar-refractivity contribution is 0.129. The highest BCUT2D eigenvalue weighted by Crippen LogP contribution is 2.28. The van der Waals surface area contributed by atoms with Crippen LogP contribution < -0.4 is 0 Å². The van der Waals surface area contributed by atoms with Gasteiger partial charge in [-0.05, 0) is 25.0 Å². The molecule has 0 bridgehead atoms. The van der Waals surface area contributed by atoms with E-state index in [4.69, 9.17) is 4.74 Å². The lowest BCUT2D eigenvalue weighted by Gasteiger charge is -2.09. The van der Waals surface area contributed by atoms with Crippen molar-refractivity contribution >= 4 is 22.7 Å². The van der Waals surface area contributed by atoms with Crippen molar-refractivity contribution in [1.29, 1.82) is 0 Å². The van der Waals surface area contributed by atoms with Gasteiger partial charge in [0.2, 0.25) is 0 Å². The molecule has 0 amide bonds. The van der Waals surface area contributed by atoms with Crippen molar-refractivity contribution in [2.75, 3.05) is 12.4 Å². The summed E-state index contributed by atoms with van der Waals surface area (Å²) in [6, 6.07) is 4.97. The molecule has 1 fully saturated rings. The van der Waals surface area contributed by atoms with Crippen LogP contribution in [0.4, 0.5) is 4.39 Å². The van der Waals surface area contributed by atoms with Gasteiger partial charge in [-0.3, -0.25) is 0 Å². The Kier molecular flexibility index (Phi) is 3.43. The molecule has 1 atom stereocenters. The fourth-order valence-corrected chi connectivity index (χ4v) is 3.14. The van der Waals surface area contributed by atoms with Crippen molar-refractivity contribution in [3.05, 3.63) is 30.3 Å². The molecule has 1 aliphatic heterocycles. The highest BCUT2D eigenvalue weighted by Gasteiger charge is 2.17. The molecule has 94 valence electrons. The fraction of sp³-hybridized carbons (Fsp3) is 0.385. The van der Waals surface area contributed by atoms with E-state index in [0.717, 1.165) is 35.6 Å². The summed E-state index contributed by atoms with van der Waals surface area (Å²) in [6.07, 6.45) is 3.95. The molecule has 0 N–H and O–H groups in total. The van der Waals surface area contributed by atoms with Crippen molar-refractivity contribution in [2.24, 2.45) is 0 Å². The molecular formula is C13H13FN2OS. The molecule has 18 heavy (non-hydrogen) atoms. The van der Waals surface area contributed by atoms with E-state index >= 15 is 0 Å². The molecule has 0 aliphatic carbocycles. The number of benzene rings is 1. The van der Waals surface area contributed by atoms with Gasteiger partial charge in [-0.25, -0.2) is 14.4 Å². The standard InChI is InChI=1S/C13H13FN2OS/c14-11-5-1-4-10-12(11)15-8-16-13(10)18-7-9-3-2-6-17-9/h1,4-5,8-9H,2-3,6-7H2. The summed E-state index contributed by atoms with van der Waals surface area (Å²) in [5.74, 6) is 0.566. The average molecular weight is 264 g/mol. The summed E-state index contributed by atoms with van der Waals surface area (Å²) in [7, 11) is 0.